The second-order valence-corrected chi connectivity index (χ2v) is 4.33. The maximum absolute atomic E-state index is 5.51. The molecule has 0 saturated carbocycles. The Hall–Kier alpha value is -1.94. The largest absolute Gasteiger partial charge is 0.308 e. The van der Waals surface area contributed by atoms with E-state index < -0.39 is 0 Å². The normalized spacial score (nSPS) is 10.4. The van der Waals surface area contributed by atoms with Crippen molar-refractivity contribution in [2.45, 2.75) is 27.2 Å². The molecule has 1 heterocycles. The minimum Gasteiger partial charge on any atom is -0.308 e. The van der Waals surface area contributed by atoms with Gasteiger partial charge in [-0.25, -0.2) is 15.8 Å². The van der Waals surface area contributed by atoms with Crippen molar-refractivity contribution in [2.75, 3.05) is 5.43 Å². The predicted octanol–water partition coefficient (Wildman–Crippen LogP) is 2.61. The molecule has 4 nitrogen and oxygen atoms in total. The quantitative estimate of drug-likeness (QED) is 0.641. The number of hydrazine groups is 1. The Bertz CT molecular complexity index is 521. The van der Waals surface area contributed by atoms with Gasteiger partial charge in [0.1, 0.15) is 5.82 Å². The topological polar surface area (TPSA) is 63.8 Å². The maximum Gasteiger partial charge on any atom is 0.161 e. The van der Waals surface area contributed by atoms with Gasteiger partial charge in [0.2, 0.25) is 0 Å². The SMILES string of the molecule is CCc1nc(-c2ccc(C)cc2)nc(NN)c1C. The second kappa shape index (κ2) is 5.14. The van der Waals surface area contributed by atoms with Crippen molar-refractivity contribution in [3.8, 4) is 11.4 Å². The highest BCUT2D eigenvalue weighted by Gasteiger charge is 2.10. The summed E-state index contributed by atoms with van der Waals surface area (Å²) in [7, 11) is 0. The molecule has 0 spiro atoms. The molecule has 4 heteroatoms. The molecule has 94 valence electrons. The Kier molecular flexibility index (Phi) is 3.58. The zero-order valence-electron chi connectivity index (χ0n) is 11.0. The molecule has 1 aromatic carbocycles. The highest BCUT2D eigenvalue weighted by Crippen LogP contribution is 2.22. The molecule has 0 aliphatic rings. The maximum atomic E-state index is 5.51. The third-order valence-corrected chi connectivity index (χ3v) is 3.03. The van der Waals surface area contributed by atoms with Crippen molar-refractivity contribution in [3.63, 3.8) is 0 Å². The Labute approximate surface area is 107 Å². The third kappa shape index (κ3) is 2.33. The fourth-order valence-electron chi connectivity index (χ4n) is 1.88. The zero-order chi connectivity index (χ0) is 13.1. The number of nitrogens with one attached hydrogen (secondary N) is 1. The van der Waals surface area contributed by atoms with Gasteiger partial charge in [0, 0.05) is 16.8 Å². The highest BCUT2D eigenvalue weighted by atomic mass is 15.3. The molecule has 0 saturated heterocycles. The number of rotatable bonds is 3. The monoisotopic (exact) mass is 242 g/mol. The molecular weight excluding hydrogens is 224 g/mol. The lowest BCUT2D eigenvalue weighted by atomic mass is 10.1. The van der Waals surface area contributed by atoms with Gasteiger partial charge in [-0.2, -0.15) is 0 Å². The van der Waals surface area contributed by atoms with Gasteiger partial charge in [-0.15, -0.1) is 0 Å². The Morgan fingerprint density at radius 1 is 1.11 bits per heavy atom. The summed E-state index contributed by atoms with van der Waals surface area (Å²) in [4.78, 5) is 9.04. The Balaban J connectivity index is 2.54. The van der Waals surface area contributed by atoms with Gasteiger partial charge < -0.3 is 5.43 Å². The van der Waals surface area contributed by atoms with Gasteiger partial charge in [-0.1, -0.05) is 36.8 Å². The average molecular weight is 242 g/mol. The molecule has 0 amide bonds. The lowest BCUT2D eigenvalue weighted by Gasteiger charge is -2.11. The molecule has 2 rings (SSSR count). The van der Waals surface area contributed by atoms with Crippen LogP contribution >= 0.6 is 0 Å². The summed E-state index contributed by atoms with van der Waals surface area (Å²) in [5.74, 6) is 6.91. The summed E-state index contributed by atoms with van der Waals surface area (Å²) in [5.41, 5.74) is 6.90. The number of hydrogen-bond donors (Lipinski definition) is 2. The lowest BCUT2D eigenvalue weighted by molar-refractivity contribution is 0.973. The number of nitrogen functional groups attached to an aromatic ring is 1. The summed E-state index contributed by atoms with van der Waals surface area (Å²) in [6, 6.07) is 8.17. The second-order valence-electron chi connectivity index (χ2n) is 4.33. The van der Waals surface area contributed by atoms with Crippen LogP contribution in [0.3, 0.4) is 0 Å². The molecule has 0 fully saturated rings. The van der Waals surface area contributed by atoms with E-state index in [0.29, 0.717) is 11.6 Å². The van der Waals surface area contributed by atoms with Gasteiger partial charge >= 0.3 is 0 Å². The summed E-state index contributed by atoms with van der Waals surface area (Å²) < 4.78 is 0. The molecule has 0 atom stereocenters. The molecule has 18 heavy (non-hydrogen) atoms. The molecule has 3 N–H and O–H groups in total. The fraction of sp³-hybridized carbons (Fsp3) is 0.286. The van der Waals surface area contributed by atoms with E-state index in [0.717, 1.165) is 23.2 Å². The zero-order valence-corrected chi connectivity index (χ0v) is 11.0. The van der Waals surface area contributed by atoms with Crippen LogP contribution in [-0.2, 0) is 6.42 Å². The van der Waals surface area contributed by atoms with Crippen molar-refractivity contribution < 1.29 is 0 Å². The summed E-state index contributed by atoms with van der Waals surface area (Å²) in [5, 5.41) is 0. The first-order chi connectivity index (χ1) is 8.65. The first kappa shape index (κ1) is 12.5. The van der Waals surface area contributed by atoms with Crippen molar-refractivity contribution >= 4 is 5.82 Å². The van der Waals surface area contributed by atoms with Gasteiger partial charge in [0.05, 0.1) is 0 Å². The molecule has 1 aromatic heterocycles. The number of hydrogen-bond acceptors (Lipinski definition) is 4. The van der Waals surface area contributed by atoms with E-state index in [1.807, 2.05) is 19.1 Å². The predicted molar refractivity (Wildman–Crippen MR) is 74.1 cm³/mol. The van der Waals surface area contributed by atoms with Crippen LogP contribution in [0.4, 0.5) is 5.82 Å². The molecule has 2 aromatic rings. The average Bonchev–Trinajstić information content (AvgIpc) is 2.40. The van der Waals surface area contributed by atoms with E-state index in [1.165, 1.54) is 5.56 Å². The minimum absolute atomic E-state index is 0.692. The van der Waals surface area contributed by atoms with Crippen LogP contribution in [0.1, 0.15) is 23.7 Å². The number of aryl methyl sites for hydroxylation is 2. The Morgan fingerprint density at radius 2 is 1.78 bits per heavy atom. The summed E-state index contributed by atoms with van der Waals surface area (Å²) in [6.45, 7) is 6.12. The number of anilines is 1. The van der Waals surface area contributed by atoms with E-state index in [9.17, 15) is 0 Å². The smallest absolute Gasteiger partial charge is 0.161 e. The van der Waals surface area contributed by atoms with E-state index in [2.05, 4.69) is 41.4 Å². The first-order valence-electron chi connectivity index (χ1n) is 6.07. The summed E-state index contributed by atoms with van der Waals surface area (Å²) >= 11 is 0. The third-order valence-electron chi connectivity index (χ3n) is 3.03. The van der Waals surface area contributed by atoms with Crippen LogP contribution < -0.4 is 11.3 Å². The van der Waals surface area contributed by atoms with Crippen molar-refractivity contribution in [3.05, 3.63) is 41.1 Å². The van der Waals surface area contributed by atoms with Crippen LogP contribution in [-0.4, -0.2) is 9.97 Å². The van der Waals surface area contributed by atoms with E-state index in [4.69, 9.17) is 5.84 Å². The van der Waals surface area contributed by atoms with Crippen LogP contribution in [0.15, 0.2) is 24.3 Å². The van der Waals surface area contributed by atoms with Crippen LogP contribution in [0.5, 0.6) is 0 Å². The summed E-state index contributed by atoms with van der Waals surface area (Å²) in [6.07, 6.45) is 0.863. The van der Waals surface area contributed by atoms with Crippen LogP contribution in [0, 0.1) is 13.8 Å². The number of nitrogens with zero attached hydrogens (tertiary/aromatic N) is 2. The minimum atomic E-state index is 0.692. The van der Waals surface area contributed by atoms with Crippen LogP contribution in [0.25, 0.3) is 11.4 Å². The fourth-order valence-corrected chi connectivity index (χ4v) is 1.88. The molecule has 0 aliphatic heterocycles. The van der Waals surface area contributed by atoms with E-state index >= 15 is 0 Å². The van der Waals surface area contributed by atoms with Gasteiger partial charge in [0.15, 0.2) is 5.82 Å². The van der Waals surface area contributed by atoms with Crippen molar-refractivity contribution in [1.29, 1.82) is 0 Å². The number of benzene rings is 1. The first-order valence-corrected chi connectivity index (χ1v) is 6.07. The molecular formula is C14H18N4. The van der Waals surface area contributed by atoms with Gasteiger partial charge in [0.25, 0.3) is 0 Å². The van der Waals surface area contributed by atoms with E-state index in [-0.39, 0.29) is 0 Å². The molecule has 0 aliphatic carbocycles. The number of nitrogens with two attached hydrogens (primary N) is 1. The van der Waals surface area contributed by atoms with Gasteiger partial charge in [-0.05, 0) is 20.3 Å². The van der Waals surface area contributed by atoms with Crippen LogP contribution in [0.2, 0.25) is 0 Å². The standard InChI is InChI=1S/C14H18N4/c1-4-12-10(3)13(18-15)17-14(16-12)11-7-5-9(2)6-8-11/h5-8H,4,15H2,1-3H3,(H,16,17,18). The molecule has 0 bridgehead atoms. The lowest BCUT2D eigenvalue weighted by Crippen LogP contribution is -2.13. The molecule has 0 radical (unpaired) electrons. The number of aromatic nitrogens is 2. The Morgan fingerprint density at radius 3 is 2.33 bits per heavy atom. The van der Waals surface area contributed by atoms with Gasteiger partial charge in [-0.3, -0.25) is 0 Å². The van der Waals surface area contributed by atoms with Crippen molar-refractivity contribution in [1.82, 2.24) is 9.97 Å². The molecule has 0 unspecified atom stereocenters. The van der Waals surface area contributed by atoms with E-state index in [1.54, 1.807) is 0 Å². The van der Waals surface area contributed by atoms with Crippen molar-refractivity contribution in [2.24, 2.45) is 5.84 Å². The highest BCUT2D eigenvalue weighted by molar-refractivity contribution is 5.59.